The zero-order valence-electron chi connectivity index (χ0n) is 9.64. The summed E-state index contributed by atoms with van der Waals surface area (Å²) >= 11 is 0. The molecule has 18 heavy (non-hydrogen) atoms. The fraction of sp³-hybridized carbons (Fsp3) is 0.182. The van der Waals surface area contributed by atoms with Crippen molar-refractivity contribution in [1.82, 2.24) is 10.2 Å². The Morgan fingerprint density at radius 3 is 2.56 bits per heavy atom. The van der Waals surface area contributed by atoms with Crippen LogP contribution >= 0.6 is 0 Å². The number of rotatable bonds is 4. The van der Waals surface area contributed by atoms with Gasteiger partial charge in [-0.2, -0.15) is 5.10 Å². The summed E-state index contributed by atoms with van der Waals surface area (Å²) in [6, 6.07) is 5.33. The summed E-state index contributed by atoms with van der Waals surface area (Å²) in [5, 5.41) is 6.28. The van der Waals surface area contributed by atoms with Gasteiger partial charge in [0.25, 0.3) is 0 Å². The first-order valence-electron chi connectivity index (χ1n) is 5.21. The standard InChI is InChI=1S/C11H12FN3O2S/c1-8-6-13-14-11(8)15-18(16,17)7-9-2-4-10(12)5-3-9/h2-6H,7H2,1H3,(H2,13,14,15). The van der Waals surface area contributed by atoms with Crippen molar-refractivity contribution >= 4 is 15.8 Å². The fourth-order valence-corrected chi connectivity index (χ4v) is 2.66. The summed E-state index contributed by atoms with van der Waals surface area (Å²) in [4.78, 5) is 0. The van der Waals surface area contributed by atoms with E-state index in [2.05, 4.69) is 14.9 Å². The van der Waals surface area contributed by atoms with Crippen LogP contribution in [0.2, 0.25) is 0 Å². The minimum atomic E-state index is -3.54. The van der Waals surface area contributed by atoms with E-state index in [0.717, 1.165) is 0 Å². The predicted molar refractivity (Wildman–Crippen MR) is 66.0 cm³/mol. The van der Waals surface area contributed by atoms with Crippen molar-refractivity contribution in [3.63, 3.8) is 0 Å². The first kappa shape index (κ1) is 12.6. The number of hydrogen-bond donors (Lipinski definition) is 2. The van der Waals surface area contributed by atoms with Gasteiger partial charge in [-0.05, 0) is 24.6 Å². The average Bonchev–Trinajstić information content (AvgIpc) is 2.67. The minimum absolute atomic E-state index is 0.217. The molecule has 96 valence electrons. The van der Waals surface area contributed by atoms with Crippen molar-refractivity contribution in [3.8, 4) is 0 Å². The van der Waals surface area contributed by atoms with Crippen molar-refractivity contribution < 1.29 is 12.8 Å². The zero-order valence-corrected chi connectivity index (χ0v) is 10.5. The summed E-state index contributed by atoms with van der Waals surface area (Å²) in [6.45, 7) is 1.74. The smallest absolute Gasteiger partial charge is 0.238 e. The predicted octanol–water partition coefficient (Wildman–Crippen LogP) is 1.80. The SMILES string of the molecule is Cc1cn[nH]c1NS(=O)(=O)Cc1ccc(F)cc1. The summed E-state index contributed by atoms with van der Waals surface area (Å²) < 4.78 is 38.8. The van der Waals surface area contributed by atoms with Gasteiger partial charge in [0.15, 0.2) is 0 Å². The number of aryl methyl sites for hydroxylation is 1. The molecule has 0 bridgehead atoms. The van der Waals surface area contributed by atoms with Crippen LogP contribution < -0.4 is 4.72 Å². The number of sulfonamides is 1. The molecule has 5 nitrogen and oxygen atoms in total. The molecule has 2 rings (SSSR count). The van der Waals surface area contributed by atoms with E-state index in [9.17, 15) is 12.8 Å². The Balaban J connectivity index is 2.13. The van der Waals surface area contributed by atoms with Gasteiger partial charge in [-0.25, -0.2) is 12.8 Å². The highest BCUT2D eigenvalue weighted by Crippen LogP contribution is 2.14. The van der Waals surface area contributed by atoms with E-state index in [1.807, 2.05) is 0 Å². The molecule has 0 amide bonds. The lowest BCUT2D eigenvalue weighted by molar-refractivity contribution is 0.599. The van der Waals surface area contributed by atoms with Crippen LogP contribution in [0.1, 0.15) is 11.1 Å². The lowest BCUT2D eigenvalue weighted by Gasteiger charge is -2.06. The normalized spacial score (nSPS) is 11.4. The van der Waals surface area contributed by atoms with E-state index in [0.29, 0.717) is 16.9 Å². The first-order chi connectivity index (χ1) is 8.46. The Morgan fingerprint density at radius 2 is 2.00 bits per heavy atom. The van der Waals surface area contributed by atoms with Gasteiger partial charge in [-0.3, -0.25) is 9.82 Å². The second-order valence-electron chi connectivity index (χ2n) is 3.92. The number of aromatic amines is 1. The Hall–Kier alpha value is -1.89. The molecule has 0 aliphatic heterocycles. The first-order valence-corrected chi connectivity index (χ1v) is 6.86. The van der Waals surface area contributed by atoms with E-state index in [1.165, 1.54) is 30.5 Å². The fourth-order valence-electron chi connectivity index (χ4n) is 1.44. The van der Waals surface area contributed by atoms with Crippen molar-refractivity contribution in [3.05, 3.63) is 47.4 Å². The number of nitrogens with zero attached hydrogens (tertiary/aromatic N) is 1. The molecule has 0 spiro atoms. The van der Waals surface area contributed by atoms with E-state index in [4.69, 9.17) is 0 Å². The van der Waals surface area contributed by atoms with Crippen LogP contribution in [0, 0.1) is 12.7 Å². The molecule has 0 fully saturated rings. The third-order valence-corrected chi connectivity index (χ3v) is 3.58. The molecule has 2 N–H and O–H groups in total. The number of hydrogen-bond acceptors (Lipinski definition) is 3. The maximum absolute atomic E-state index is 12.7. The lowest BCUT2D eigenvalue weighted by Crippen LogP contribution is -2.16. The monoisotopic (exact) mass is 269 g/mol. The number of anilines is 1. The molecule has 0 radical (unpaired) electrons. The summed E-state index contributed by atoms with van der Waals surface area (Å²) in [7, 11) is -3.54. The summed E-state index contributed by atoms with van der Waals surface area (Å²) in [5.74, 6) is -0.267. The van der Waals surface area contributed by atoms with Crippen LogP contribution in [0.5, 0.6) is 0 Å². The van der Waals surface area contributed by atoms with Crippen LogP contribution in [0.25, 0.3) is 0 Å². The van der Waals surface area contributed by atoms with Gasteiger partial charge in [0.2, 0.25) is 10.0 Å². The maximum atomic E-state index is 12.7. The van der Waals surface area contributed by atoms with Gasteiger partial charge in [-0.15, -0.1) is 0 Å². The van der Waals surface area contributed by atoms with Gasteiger partial charge in [0.05, 0.1) is 11.9 Å². The van der Waals surface area contributed by atoms with E-state index in [-0.39, 0.29) is 5.75 Å². The van der Waals surface area contributed by atoms with Gasteiger partial charge >= 0.3 is 0 Å². The molecule has 1 aromatic heterocycles. The second kappa shape index (κ2) is 4.77. The zero-order chi connectivity index (χ0) is 13.2. The molecule has 0 aliphatic rings. The van der Waals surface area contributed by atoms with Crippen molar-refractivity contribution in [2.75, 3.05) is 4.72 Å². The Bertz CT molecular complexity index is 635. The largest absolute Gasteiger partial charge is 0.267 e. The molecule has 7 heteroatoms. The highest BCUT2D eigenvalue weighted by molar-refractivity contribution is 7.91. The van der Waals surface area contributed by atoms with Crippen LogP contribution in [-0.4, -0.2) is 18.6 Å². The summed E-state index contributed by atoms with van der Waals surface area (Å²) in [6.07, 6.45) is 1.52. The number of nitrogens with one attached hydrogen (secondary N) is 2. The molecule has 1 aromatic carbocycles. The second-order valence-corrected chi connectivity index (χ2v) is 5.64. The average molecular weight is 269 g/mol. The number of benzene rings is 1. The van der Waals surface area contributed by atoms with Gasteiger partial charge in [-0.1, -0.05) is 12.1 Å². The highest BCUT2D eigenvalue weighted by Gasteiger charge is 2.14. The maximum Gasteiger partial charge on any atom is 0.238 e. The van der Waals surface area contributed by atoms with Crippen molar-refractivity contribution in [2.45, 2.75) is 12.7 Å². The van der Waals surface area contributed by atoms with Crippen LogP contribution in [0.15, 0.2) is 30.5 Å². The molecule has 0 saturated heterocycles. The molecule has 0 atom stereocenters. The number of halogens is 1. The van der Waals surface area contributed by atoms with Crippen LogP contribution in [0.3, 0.4) is 0 Å². The number of aromatic nitrogens is 2. The van der Waals surface area contributed by atoms with Gasteiger partial charge in [0, 0.05) is 5.56 Å². The molecule has 0 saturated carbocycles. The molecule has 0 unspecified atom stereocenters. The Labute approximate surface area is 104 Å². The number of H-pyrrole nitrogens is 1. The molecular formula is C11H12FN3O2S. The van der Waals surface area contributed by atoms with Crippen LogP contribution in [0.4, 0.5) is 10.2 Å². The van der Waals surface area contributed by atoms with E-state index >= 15 is 0 Å². The van der Waals surface area contributed by atoms with Crippen molar-refractivity contribution in [2.24, 2.45) is 0 Å². The molecule has 0 aliphatic carbocycles. The van der Waals surface area contributed by atoms with Gasteiger partial charge in [0.1, 0.15) is 11.6 Å². The van der Waals surface area contributed by atoms with E-state index in [1.54, 1.807) is 6.92 Å². The van der Waals surface area contributed by atoms with Crippen LogP contribution in [-0.2, 0) is 15.8 Å². The quantitative estimate of drug-likeness (QED) is 0.888. The molecule has 1 heterocycles. The summed E-state index contributed by atoms with van der Waals surface area (Å²) in [5.41, 5.74) is 1.22. The highest BCUT2D eigenvalue weighted by atomic mass is 32.2. The minimum Gasteiger partial charge on any atom is -0.267 e. The van der Waals surface area contributed by atoms with Crippen molar-refractivity contribution in [1.29, 1.82) is 0 Å². The molecule has 2 aromatic rings. The van der Waals surface area contributed by atoms with Gasteiger partial charge < -0.3 is 0 Å². The lowest BCUT2D eigenvalue weighted by atomic mass is 10.2. The Kier molecular flexibility index (Phi) is 3.33. The third kappa shape index (κ3) is 3.07. The third-order valence-electron chi connectivity index (χ3n) is 2.36. The van der Waals surface area contributed by atoms with E-state index < -0.39 is 15.8 Å². The topological polar surface area (TPSA) is 74.8 Å². The molecular weight excluding hydrogens is 257 g/mol. The Morgan fingerprint density at radius 1 is 1.33 bits per heavy atom.